The van der Waals surface area contributed by atoms with Gasteiger partial charge in [-0.1, -0.05) is 12.1 Å². The lowest BCUT2D eigenvalue weighted by molar-refractivity contribution is 0.103. The van der Waals surface area contributed by atoms with E-state index in [0.717, 1.165) is 4.90 Å². The van der Waals surface area contributed by atoms with Gasteiger partial charge in [-0.2, -0.15) is 0 Å². The van der Waals surface area contributed by atoms with Gasteiger partial charge in [0.1, 0.15) is 0 Å². The number of thioether (sulfide) groups is 1. The quantitative estimate of drug-likeness (QED) is 0.552. The molecule has 0 saturated heterocycles. The Morgan fingerprint density at radius 3 is 2.48 bits per heavy atom. The Kier molecular flexibility index (Phi) is 3.73. The molecular formula is C15H11BrN2O2S. The van der Waals surface area contributed by atoms with Crippen LogP contribution in [0, 0.1) is 0 Å². The molecule has 4 nitrogen and oxygen atoms in total. The minimum atomic E-state index is -0.286. The fourth-order valence-corrected chi connectivity index (χ4v) is 3.33. The molecular weight excluding hydrogens is 352 g/mol. The molecule has 21 heavy (non-hydrogen) atoms. The average Bonchev–Trinajstić information content (AvgIpc) is 2.84. The first-order chi connectivity index (χ1) is 10.1. The van der Waals surface area contributed by atoms with E-state index in [1.54, 1.807) is 12.1 Å². The van der Waals surface area contributed by atoms with E-state index in [4.69, 9.17) is 0 Å². The second-order valence-electron chi connectivity index (χ2n) is 4.49. The maximum absolute atomic E-state index is 12.8. The number of rotatable bonds is 3. The molecule has 0 radical (unpaired) electrons. The number of benzene rings is 2. The van der Waals surface area contributed by atoms with E-state index in [2.05, 4.69) is 25.9 Å². The van der Waals surface area contributed by atoms with Crippen LogP contribution in [-0.4, -0.2) is 22.0 Å². The van der Waals surface area contributed by atoms with Crippen LogP contribution in [0.25, 0.3) is 11.0 Å². The molecule has 0 bridgehead atoms. The molecule has 0 saturated carbocycles. The molecule has 0 spiro atoms. The number of imidazole rings is 1. The topological polar surface area (TPSA) is 65.7 Å². The van der Waals surface area contributed by atoms with Crippen molar-refractivity contribution in [2.24, 2.45) is 0 Å². The number of hydrogen-bond acceptors (Lipinski definition) is 3. The third-order valence-corrected chi connectivity index (χ3v) is 4.65. The van der Waals surface area contributed by atoms with E-state index in [1.165, 1.54) is 11.8 Å². The van der Waals surface area contributed by atoms with Crippen molar-refractivity contribution < 1.29 is 4.79 Å². The Morgan fingerprint density at radius 2 is 1.76 bits per heavy atom. The van der Waals surface area contributed by atoms with Crippen molar-refractivity contribution in [1.82, 2.24) is 9.97 Å². The van der Waals surface area contributed by atoms with Crippen molar-refractivity contribution in [2.45, 2.75) is 4.90 Å². The van der Waals surface area contributed by atoms with E-state index in [-0.39, 0.29) is 11.5 Å². The van der Waals surface area contributed by atoms with Crippen LogP contribution >= 0.6 is 27.7 Å². The van der Waals surface area contributed by atoms with E-state index in [1.807, 2.05) is 30.5 Å². The Morgan fingerprint density at radius 1 is 1.10 bits per heavy atom. The molecule has 1 heterocycles. The Bertz CT molecular complexity index is 898. The molecule has 6 heteroatoms. The highest BCUT2D eigenvalue weighted by molar-refractivity contribution is 9.10. The zero-order chi connectivity index (χ0) is 15.0. The number of aromatic nitrogens is 2. The van der Waals surface area contributed by atoms with Crippen LogP contribution in [0.4, 0.5) is 0 Å². The zero-order valence-corrected chi connectivity index (χ0v) is 13.5. The lowest BCUT2D eigenvalue weighted by Gasteiger charge is -2.08. The molecule has 0 aliphatic carbocycles. The number of aromatic amines is 2. The highest BCUT2D eigenvalue weighted by Crippen LogP contribution is 2.28. The average molecular weight is 363 g/mol. The number of nitrogens with one attached hydrogen (secondary N) is 2. The van der Waals surface area contributed by atoms with Gasteiger partial charge < -0.3 is 9.97 Å². The zero-order valence-electron chi connectivity index (χ0n) is 11.1. The largest absolute Gasteiger partial charge is 0.323 e. The molecule has 0 fully saturated rings. The second kappa shape index (κ2) is 5.54. The first kappa shape index (κ1) is 14.2. The van der Waals surface area contributed by atoms with E-state index in [0.29, 0.717) is 26.6 Å². The van der Waals surface area contributed by atoms with Crippen molar-refractivity contribution in [3.05, 3.63) is 62.5 Å². The monoisotopic (exact) mass is 362 g/mol. The Labute approximate surface area is 133 Å². The molecule has 0 amide bonds. The summed E-state index contributed by atoms with van der Waals surface area (Å²) in [6.45, 7) is 0. The minimum Gasteiger partial charge on any atom is -0.306 e. The molecule has 0 aliphatic rings. The standard InChI is InChI=1S/C15H11BrN2O2S/c1-21-13-5-3-2-4-8(13)14(19)9-6-11-12(7-10(9)16)18-15(20)17-11/h2-7H,1H3,(H2,17,18,20). The first-order valence-corrected chi connectivity index (χ1v) is 8.21. The number of carbonyl (C=O) groups is 1. The predicted octanol–water partition coefficient (Wildman–Crippen LogP) is 3.57. The number of ketones is 1. The summed E-state index contributed by atoms with van der Waals surface area (Å²) >= 11 is 4.94. The van der Waals surface area contributed by atoms with Gasteiger partial charge in [-0.15, -0.1) is 11.8 Å². The van der Waals surface area contributed by atoms with E-state index < -0.39 is 0 Å². The van der Waals surface area contributed by atoms with Gasteiger partial charge in [0.15, 0.2) is 5.78 Å². The van der Waals surface area contributed by atoms with Gasteiger partial charge in [0, 0.05) is 20.5 Å². The number of carbonyl (C=O) groups excluding carboxylic acids is 1. The van der Waals surface area contributed by atoms with Crippen LogP contribution < -0.4 is 5.69 Å². The maximum Gasteiger partial charge on any atom is 0.323 e. The summed E-state index contributed by atoms with van der Waals surface area (Å²) in [5.41, 5.74) is 2.18. The van der Waals surface area contributed by atoms with Gasteiger partial charge >= 0.3 is 5.69 Å². The van der Waals surface area contributed by atoms with Crippen molar-refractivity contribution in [2.75, 3.05) is 6.26 Å². The van der Waals surface area contributed by atoms with Gasteiger partial charge in [0.25, 0.3) is 0 Å². The summed E-state index contributed by atoms with van der Waals surface area (Å²) in [5, 5.41) is 0. The normalized spacial score (nSPS) is 11.0. The lowest BCUT2D eigenvalue weighted by Crippen LogP contribution is -2.04. The lowest BCUT2D eigenvalue weighted by atomic mass is 10.0. The number of halogens is 1. The van der Waals surface area contributed by atoms with E-state index >= 15 is 0 Å². The first-order valence-electron chi connectivity index (χ1n) is 6.19. The summed E-state index contributed by atoms with van der Waals surface area (Å²) in [6.07, 6.45) is 1.94. The third kappa shape index (κ3) is 2.56. The molecule has 2 aromatic carbocycles. The molecule has 2 N–H and O–H groups in total. The van der Waals surface area contributed by atoms with Gasteiger partial charge in [0.05, 0.1) is 11.0 Å². The fourth-order valence-electron chi connectivity index (χ4n) is 2.21. The van der Waals surface area contributed by atoms with Crippen LogP contribution in [0.2, 0.25) is 0 Å². The molecule has 3 rings (SSSR count). The Balaban J connectivity index is 2.17. The van der Waals surface area contributed by atoms with E-state index in [9.17, 15) is 9.59 Å². The summed E-state index contributed by atoms with van der Waals surface area (Å²) in [6, 6.07) is 10.9. The fraction of sp³-hybridized carbons (Fsp3) is 0.0667. The van der Waals surface area contributed by atoms with Crippen molar-refractivity contribution in [3.8, 4) is 0 Å². The number of fused-ring (bicyclic) bond motifs is 1. The van der Waals surface area contributed by atoms with Crippen molar-refractivity contribution in [1.29, 1.82) is 0 Å². The molecule has 0 unspecified atom stereocenters. The van der Waals surface area contributed by atoms with Crippen LogP contribution in [0.3, 0.4) is 0 Å². The minimum absolute atomic E-state index is 0.0734. The number of hydrogen-bond donors (Lipinski definition) is 2. The number of H-pyrrole nitrogens is 2. The summed E-state index contributed by atoms with van der Waals surface area (Å²) in [5.74, 6) is -0.0734. The highest BCUT2D eigenvalue weighted by atomic mass is 79.9. The van der Waals surface area contributed by atoms with Crippen LogP contribution in [0.1, 0.15) is 15.9 Å². The van der Waals surface area contributed by atoms with Crippen LogP contribution in [0.15, 0.2) is 50.6 Å². The third-order valence-electron chi connectivity index (χ3n) is 3.20. The maximum atomic E-state index is 12.8. The van der Waals surface area contributed by atoms with Gasteiger partial charge in [-0.3, -0.25) is 4.79 Å². The smallest absolute Gasteiger partial charge is 0.306 e. The summed E-state index contributed by atoms with van der Waals surface area (Å²) in [4.78, 5) is 30.4. The highest BCUT2D eigenvalue weighted by Gasteiger charge is 2.17. The molecule has 106 valence electrons. The summed E-state index contributed by atoms with van der Waals surface area (Å²) in [7, 11) is 0. The van der Waals surface area contributed by atoms with Gasteiger partial charge in [-0.25, -0.2) is 4.79 Å². The second-order valence-corrected chi connectivity index (χ2v) is 6.19. The molecule has 0 aliphatic heterocycles. The van der Waals surface area contributed by atoms with Crippen LogP contribution in [-0.2, 0) is 0 Å². The van der Waals surface area contributed by atoms with Crippen molar-refractivity contribution >= 4 is 44.5 Å². The molecule has 0 atom stereocenters. The predicted molar refractivity (Wildman–Crippen MR) is 88.3 cm³/mol. The molecule has 3 aromatic rings. The Hall–Kier alpha value is -1.79. The van der Waals surface area contributed by atoms with Gasteiger partial charge in [-0.05, 0) is 46.5 Å². The van der Waals surface area contributed by atoms with Crippen molar-refractivity contribution in [3.63, 3.8) is 0 Å². The van der Waals surface area contributed by atoms with Crippen LogP contribution in [0.5, 0.6) is 0 Å². The SMILES string of the molecule is CSc1ccccc1C(=O)c1cc2[nH]c(=O)[nH]c2cc1Br. The van der Waals surface area contributed by atoms with Gasteiger partial charge in [0.2, 0.25) is 0 Å². The molecule has 1 aromatic heterocycles. The summed E-state index contributed by atoms with van der Waals surface area (Å²) < 4.78 is 0.658.